The molecule has 1 fully saturated rings. The summed E-state index contributed by atoms with van der Waals surface area (Å²) in [6, 6.07) is 6.38. The summed E-state index contributed by atoms with van der Waals surface area (Å²) in [5, 5.41) is 11.5. The van der Waals surface area contributed by atoms with Gasteiger partial charge in [0.25, 0.3) is 0 Å². The maximum atomic E-state index is 6.33. The molecule has 5 nitrogen and oxygen atoms in total. The van der Waals surface area contributed by atoms with E-state index in [0.29, 0.717) is 6.04 Å². The van der Waals surface area contributed by atoms with Crippen LogP contribution >= 0.6 is 11.6 Å². The first-order valence-electron chi connectivity index (χ1n) is 6.81. The van der Waals surface area contributed by atoms with Crippen LogP contribution in [0.2, 0.25) is 5.02 Å². The SMILES string of the molecule is Cc1cccc(-c2nc(N3CCN[C@@H](C)C3)n[nH]2)c1Cl. The van der Waals surface area contributed by atoms with Crippen molar-refractivity contribution >= 4 is 17.5 Å². The summed E-state index contributed by atoms with van der Waals surface area (Å²) in [4.78, 5) is 6.77. The van der Waals surface area contributed by atoms with Crippen LogP contribution in [0.25, 0.3) is 11.4 Å². The van der Waals surface area contributed by atoms with Gasteiger partial charge in [0.05, 0.1) is 5.02 Å². The van der Waals surface area contributed by atoms with E-state index in [-0.39, 0.29) is 0 Å². The second-order valence-corrected chi connectivity index (χ2v) is 5.60. The highest BCUT2D eigenvalue weighted by Gasteiger charge is 2.20. The van der Waals surface area contributed by atoms with Crippen molar-refractivity contribution in [3.8, 4) is 11.4 Å². The van der Waals surface area contributed by atoms with Gasteiger partial charge in [-0.3, -0.25) is 5.10 Å². The molecule has 20 heavy (non-hydrogen) atoms. The van der Waals surface area contributed by atoms with Gasteiger partial charge in [-0.05, 0) is 25.5 Å². The fraction of sp³-hybridized carbons (Fsp3) is 0.429. The van der Waals surface area contributed by atoms with Crippen molar-refractivity contribution < 1.29 is 0 Å². The Kier molecular flexibility index (Phi) is 3.63. The molecule has 0 aliphatic carbocycles. The maximum Gasteiger partial charge on any atom is 0.245 e. The molecule has 106 valence electrons. The van der Waals surface area contributed by atoms with Crippen molar-refractivity contribution in [3.05, 3.63) is 28.8 Å². The zero-order valence-electron chi connectivity index (χ0n) is 11.7. The number of hydrogen-bond acceptors (Lipinski definition) is 4. The van der Waals surface area contributed by atoms with E-state index in [4.69, 9.17) is 11.6 Å². The number of benzene rings is 1. The van der Waals surface area contributed by atoms with E-state index in [0.717, 1.165) is 47.6 Å². The minimum atomic E-state index is 0.452. The number of nitrogens with zero attached hydrogens (tertiary/aromatic N) is 3. The molecule has 2 N–H and O–H groups in total. The molecule has 1 aromatic heterocycles. The number of anilines is 1. The van der Waals surface area contributed by atoms with Gasteiger partial charge >= 0.3 is 0 Å². The molecule has 2 aromatic rings. The van der Waals surface area contributed by atoms with Crippen LogP contribution < -0.4 is 10.2 Å². The van der Waals surface area contributed by atoms with Gasteiger partial charge in [0, 0.05) is 31.2 Å². The van der Waals surface area contributed by atoms with Crippen molar-refractivity contribution in [1.29, 1.82) is 0 Å². The zero-order chi connectivity index (χ0) is 14.1. The van der Waals surface area contributed by atoms with Gasteiger partial charge in [-0.2, -0.15) is 4.98 Å². The maximum absolute atomic E-state index is 6.33. The Labute approximate surface area is 123 Å². The van der Waals surface area contributed by atoms with Crippen molar-refractivity contribution in [3.63, 3.8) is 0 Å². The first-order valence-corrected chi connectivity index (χ1v) is 7.19. The summed E-state index contributed by atoms with van der Waals surface area (Å²) in [5.41, 5.74) is 1.94. The number of aryl methyl sites for hydroxylation is 1. The Morgan fingerprint density at radius 1 is 1.40 bits per heavy atom. The van der Waals surface area contributed by atoms with Gasteiger partial charge in [-0.15, -0.1) is 5.10 Å². The molecule has 1 aliphatic heterocycles. The Balaban J connectivity index is 1.88. The van der Waals surface area contributed by atoms with E-state index in [1.165, 1.54) is 0 Å². The van der Waals surface area contributed by atoms with Crippen LogP contribution in [-0.2, 0) is 0 Å². The summed E-state index contributed by atoms with van der Waals surface area (Å²) in [5.74, 6) is 1.46. The van der Waals surface area contributed by atoms with Crippen molar-refractivity contribution in [1.82, 2.24) is 20.5 Å². The van der Waals surface area contributed by atoms with Crippen LogP contribution in [0.5, 0.6) is 0 Å². The molecule has 1 atom stereocenters. The van der Waals surface area contributed by atoms with Crippen molar-refractivity contribution in [2.75, 3.05) is 24.5 Å². The number of piperazine rings is 1. The second-order valence-electron chi connectivity index (χ2n) is 5.22. The standard InChI is InChI=1S/C14H18ClN5/c1-9-4-3-5-11(12(9)15)13-17-14(19-18-13)20-7-6-16-10(2)8-20/h3-5,10,16H,6-8H2,1-2H3,(H,17,18,19)/t10-/m0/s1. The van der Waals surface area contributed by atoms with E-state index in [2.05, 4.69) is 32.3 Å². The number of aromatic nitrogens is 3. The molecule has 0 unspecified atom stereocenters. The van der Waals surface area contributed by atoms with Gasteiger partial charge in [-0.1, -0.05) is 23.7 Å². The van der Waals surface area contributed by atoms with E-state index in [1.54, 1.807) is 0 Å². The first-order chi connectivity index (χ1) is 9.65. The normalized spacial score (nSPS) is 19.4. The lowest BCUT2D eigenvalue weighted by atomic mass is 10.1. The number of H-pyrrole nitrogens is 1. The molecule has 2 heterocycles. The molecule has 1 aliphatic rings. The van der Waals surface area contributed by atoms with Crippen LogP contribution in [-0.4, -0.2) is 40.9 Å². The van der Waals surface area contributed by atoms with E-state index in [1.807, 2.05) is 25.1 Å². The predicted octanol–water partition coefficient (Wildman–Crippen LogP) is 2.23. The molecule has 6 heteroatoms. The lowest BCUT2D eigenvalue weighted by Crippen LogP contribution is -2.49. The number of rotatable bonds is 2. The average Bonchev–Trinajstić information content (AvgIpc) is 2.91. The van der Waals surface area contributed by atoms with Gasteiger partial charge in [-0.25, -0.2) is 0 Å². The minimum Gasteiger partial charge on any atom is -0.337 e. The summed E-state index contributed by atoms with van der Waals surface area (Å²) in [6.07, 6.45) is 0. The largest absolute Gasteiger partial charge is 0.337 e. The smallest absolute Gasteiger partial charge is 0.245 e. The number of aromatic amines is 1. The van der Waals surface area contributed by atoms with Gasteiger partial charge < -0.3 is 10.2 Å². The Morgan fingerprint density at radius 2 is 2.25 bits per heavy atom. The number of hydrogen-bond donors (Lipinski definition) is 2. The predicted molar refractivity (Wildman–Crippen MR) is 81.2 cm³/mol. The van der Waals surface area contributed by atoms with E-state index < -0.39 is 0 Å². The summed E-state index contributed by atoms with van der Waals surface area (Å²) >= 11 is 6.33. The molecule has 1 saturated heterocycles. The third kappa shape index (κ3) is 2.51. The van der Waals surface area contributed by atoms with Gasteiger partial charge in [0.15, 0.2) is 5.82 Å². The monoisotopic (exact) mass is 291 g/mol. The fourth-order valence-corrected chi connectivity index (χ4v) is 2.67. The summed E-state index contributed by atoms with van der Waals surface area (Å²) in [6.45, 7) is 6.94. The topological polar surface area (TPSA) is 56.8 Å². The van der Waals surface area contributed by atoms with Crippen LogP contribution in [0.4, 0.5) is 5.95 Å². The van der Waals surface area contributed by atoms with Crippen molar-refractivity contribution in [2.24, 2.45) is 0 Å². The third-order valence-electron chi connectivity index (χ3n) is 3.57. The molecule has 0 bridgehead atoms. The summed E-state index contributed by atoms with van der Waals surface area (Å²) < 4.78 is 0. The first kappa shape index (κ1) is 13.4. The van der Waals surface area contributed by atoms with E-state index >= 15 is 0 Å². The Hall–Kier alpha value is -1.59. The number of nitrogens with one attached hydrogen (secondary N) is 2. The fourth-order valence-electron chi connectivity index (χ4n) is 2.46. The Bertz CT molecular complexity index is 609. The molecule has 0 amide bonds. The van der Waals surface area contributed by atoms with Gasteiger partial charge in [0.1, 0.15) is 0 Å². The quantitative estimate of drug-likeness (QED) is 0.891. The molecule has 3 rings (SSSR count). The highest BCUT2D eigenvalue weighted by atomic mass is 35.5. The van der Waals surface area contributed by atoms with Crippen LogP contribution in [0.1, 0.15) is 12.5 Å². The molecule has 0 spiro atoms. The van der Waals surface area contributed by atoms with Crippen molar-refractivity contribution in [2.45, 2.75) is 19.9 Å². The van der Waals surface area contributed by atoms with Crippen LogP contribution in [0.15, 0.2) is 18.2 Å². The molecule has 0 saturated carbocycles. The molecular formula is C14H18ClN5. The van der Waals surface area contributed by atoms with Gasteiger partial charge in [0.2, 0.25) is 5.95 Å². The van der Waals surface area contributed by atoms with Crippen LogP contribution in [0, 0.1) is 6.92 Å². The lowest BCUT2D eigenvalue weighted by molar-refractivity contribution is 0.480. The lowest BCUT2D eigenvalue weighted by Gasteiger charge is -2.30. The Morgan fingerprint density at radius 3 is 3.05 bits per heavy atom. The molecule has 1 aromatic carbocycles. The third-order valence-corrected chi connectivity index (χ3v) is 4.07. The average molecular weight is 292 g/mol. The highest BCUT2D eigenvalue weighted by molar-refractivity contribution is 6.33. The second kappa shape index (κ2) is 5.42. The van der Waals surface area contributed by atoms with Crippen LogP contribution in [0.3, 0.4) is 0 Å². The minimum absolute atomic E-state index is 0.452. The summed E-state index contributed by atoms with van der Waals surface area (Å²) in [7, 11) is 0. The van der Waals surface area contributed by atoms with E-state index in [9.17, 15) is 0 Å². The highest BCUT2D eigenvalue weighted by Crippen LogP contribution is 2.28. The zero-order valence-corrected chi connectivity index (χ0v) is 12.4. The number of halogens is 1. The molecule has 0 radical (unpaired) electrons. The molecular weight excluding hydrogens is 274 g/mol.